The van der Waals surface area contributed by atoms with E-state index in [4.69, 9.17) is 20.1 Å². The van der Waals surface area contributed by atoms with Crippen LogP contribution in [0.2, 0.25) is 0 Å². The van der Waals surface area contributed by atoms with Gasteiger partial charge in [-0.1, -0.05) is 151 Å². The Morgan fingerprint density at radius 1 is 0.786 bits per heavy atom. The third kappa shape index (κ3) is 9.00. The Hall–Kier alpha value is -5.40. The van der Waals surface area contributed by atoms with Gasteiger partial charge in [-0.3, -0.25) is 9.69 Å². The fraction of sp³-hybridized carbons (Fsp3) is 0.391. The molecule has 0 amide bonds. The van der Waals surface area contributed by atoms with Gasteiger partial charge in [0.15, 0.2) is 11.0 Å². The Balaban J connectivity index is 1.53. The molecule has 56 heavy (non-hydrogen) atoms. The van der Waals surface area contributed by atoms with Crippen LogP contribution in [0.5, 0.6) is 0 Å². The topological polar surface area (TPSA) is 103 Å². The Morgan fingerprint density at radius 2 is 1.34 bits per heavy atom. The zero-order valence-corrected chi connectivity index (χ0v) is 34.3. The number of unbranched alkanes of at least 4 members (excludes halogenated alkanes) is 2. The smallest absolute Gasteiger partial charge is 0.291 e. The van der Waals surface area contributed by atoms with E-state index < -0.39 is 5.91 Å². The van der Waals surface area contributed by atoms with E-state index in [1.807, 2.05) is 90.7 Å². The molecule has 0 spiro atoms. The molecule has 1 aliphatic rings. The van der Waals surface area contributed by atoms with E-state index in [1.54, 1.807) is 11.3 Å². The van der Waals surface area contributed by atoms with Gasteiger partial charge in [0.05, 0.1) is 0 Å². The minimum Gasteiger partial charge on any atom is -0.347 e. The summed E-state index contributed by atoms with van der Waals surface area (Å²) >= 11 is 1.58. The van der Waals surface area contributed by atoms with Crippen molar-refractivity contribution in [2.75, 3.05) is 22.9 Å². The highest BCUT2D eigenvalue weighted by Gasteiger charge is 2.35. The van der Waals surface area contributed by atoms with E-state index in [0.717, 1.165) is 53.7 Å². The van der Waals surface area contributed by atoms with Gasteiger partial charge in [-0.05, 0) is 55.4 Å². The molecule has 0 fully saturated rings. The molecule has 3 heterocycles. The molecule has 9 nitrogen and oxygen atoms in total. The number of anilines is 4. The SMILES string of the molecule is CCCCC(CC)CN(CC(CC)CCCC)c1nc(-c2ccccc2)c(N=C2C(CC)=C(C#N)C(=O)n3nc(N(c4ccccc4)c4ccccc4)nc32)s1. The predicted octanol–water partition coefficient (Wildman–Crippen LogP) is 12.1. The van der Waals surface area contributed by atoms with Crippen molar-refractivity contribution in [3.8, 4) is 17.3 Å². The van der Waals surface area contributed by atoms with Crippen LogP contribution in [0, 0.1) is 23.2 Å². The minimum atomic E-state index is -0.507. The summed E-state index contributed by atoms with van der Waals surface area (Å²) in [5.41, 5.74) is 4.45. The lowest BCUT2D eigenvalue weighted by Gasteiger charge is -2.30. The zero-order valence-electron chi connectivity index (χ0n) is 33.5. The molecule has 0 N–H and O–H groups in total. The molecule has 1 aliphatic heterocycles. The number of para-hydroxylation sites is 2. The first-order chi connectivity index (χ1) is 27.4. The number of nitrogens with zero attached hydrogens (tertiary/aromatic N) is 8. The van der Waals surface area contributed by atoms with Crippen molar-refractivity contribution in [3.05, 3.63) is 108 Å². The zero-order chi connectivity index (χ0) is 39.4. The van der Waals surface area contributed by atoms with Crippen LogP contribution in [0.15, 0.2) is 107 Å². The first kappa shape index (κ1) is 40.3. The highest BCUT2D eigenvalue weighted by atomic mass is 32.1. The summed E-state index contributed by atoms with van der Waals surface area (Å²) in [5, 5.41) is 16.9. The number of nitriles is 1. The van der Waals surface area contributed by atoms with Crippen LogP contribution >= 0.6 is 11.3 Å². The predicted molar refractivity (Wildman–Crippen MR) is 231 cm³/mol. The maximum atomic E-state index is 14.0. The van der Waals surface area contributed by atoms with Crippen LogP contribution in [-0.2, 0) is 0 Å². The maximum absolute atomic E-state index is 14.0. The van der Waals surface area contributed by atoms with Crippen molar-refractivity contribution in [3.63, 3.8) is 0 Å². The molecule has 2 atom stereocenters. The molecule has 0 aliphatic carbocycles. The molecule has 0 saturated heterocycles. The summed E-state index contributed by atoms with van der Waals surface area (Å²) in [7, 11) is 0. The molecule has 0 bridgehead atoms. The van der Waals surface area contributed by atoms with E-state index >= 15 is 0 Å². The van der Waals surface area contributed by atoms with Gasteiger partial charge in [-0.15, -0.1) is 5.10 Å². The number of benzene rings is 3. The van der Waals surface area contributed by atoms with Gasteiger partial charge in [0.2, 0.25) is 0 Å². The number of aliphatic imine (C=N–C) groups is 1. The number of hydrogen-bond acceptors (Lipinski definition) is 9. The number of aromatic nitrogens is 4. The van der Waals surface area contributed by atoms with Gasteiger partial charge in [0.25, 0.3) is 11.9 Å². The third-order valence-electron chi connectivity index (χ3n) is 10.7. The Bertz CT molecular complexity index is 2090. The number of hydrogen-bond donors (Lipinski definition) is 0. The van der Waals surface area contributed by atoms with Crippen LogP contribution in [0.3, 0.4) is 0 Å². The highest BCUT2D eigenvalue weighted by Crippen LogP contribution is 2.42. The fourth-order valence-corrected chi connectivity index (χ4v) is 8.36. The van der Waals surface area contributed by atoms with Crippen molar-refractivity contribution in [1.82, 2.24) is 19.7 Å². The van der Waals surface area contributed by atoms with E-state index in [2.05, 4.69) is 50.8 Å². The van der Waals surface area contributed by atoms with E-state index in [9.17, 15) is 10.1 Å². The van der Waals surface area contributed by atoms with Crippen molar-refractivity contribution in [2.45, 2.75) is 92.4 Å². The Morgan fingerprint density at radius 3 is 1.84 bits per heavy atom. The molecule has 3 aromatic carbocycles. The van der Waals surface area contributed by atoms with Gasteiger partial charge in [-0.2, -0.15) is 14.9 Å². The first-order valence-electron chi connectivity index (χ1n) is 20.4. The second kappa shape index (κ2) is 19.5. The van der Waals surface area contributed by atoms with Crippen molar-refractivity contribution in [2.24, 2.45) is 16.8 Å². The summed E-state index contributed by atoms with van der Waals surface area (Å²) in [6.07, 6.45) is 9.83. The largest absolute Gasteiger partial charge is 0.347 e. The number of allylic oxidation sites excluding steroid dienone is 2. The highest BCUT2D eigenvalue weighted by molar-refractivity contribution is 7.19. The number of thiazole rings is 1. The van der Waals surface area contributed by atoms with Crippen LogP contribution in [0.25, 0.3) is 11.3 Å². The van der Waals surface area contributed by atoms with E-state index in [0.29, 0.717) is 46.3 Å². The molecule has 290 valence electrons. The normalized spacial score (nSPS) is 14.4. The summed E-state index contributed by atoms with van der Waals surface area (Å²) in [4.78, 5) is 34.3. The minimum absolute atomic E-state index is 0.0252. The average molecular weight is 767 g/mol. The number of rotatable bonds is 19. The van der Waals surface area contributed by atoms with Gasteiger partial charge < -0.3 is 4.90 Å². The van der Waals surface area contributed by atoms with Crippen LogP contribution in [-0.4, -0.2) is 44.5 Å². The second-order valence-corrected chi connectivity index (χ2v) is 15.4. The van der Waals surface area contributed by atoms with Gasteiger partial charge >= 0.3 is 0 Å². The molecule has 2 unspecified atom stereocenters. The lowest BCUT2D eigenvalue weighted by molar-refractivity contribution is 0.0941. The van der Waals surface area contributed by atoms with E-state index in [1.165, 1.54) is 43.2 Å². The standard InChI is InChI=1S/C46H54N8OS/c1-6-11-22-33(8-3)31-52(32-34(9-4)23-12-7-2)46-49-40(35-24-16-13-17-25-35)43(56-46)48-41-38(10-5)39(30-47)44(55)54-42(41)50-45(51-54)53(36-26-18-14-19-27-36)37-28-20-15-21-29-37/h13-21,24-29,33-34H,6-12,22-23,31-32H2,1-5H3. The number of carbonyl (C=O) groups excluding carboxylic acids is 1. The summed E-state index contributed by atoms with van der Waals surface area (Å²) in [6, 6.07) is 32.0. The van der Waals surface area contributed by atoms with Gasteiger partial charge in [-0.25, -0.2) is 9.98 Å². The van der Waals surface area contributed by atoms with Gasteiger partial charge in [0.1, 0.15) is 28.0 Å². The lowest BCUT2D eigenvalue weighted by Crippen LogP contribution is -2.34. The number of fused-ring (bicyclic) bond motifs is 1. The number of carbonyl (C=O) groups is 1. The fourth-order valence-electron chi connectivity index (χ4n) is 7.38. The molecule has 6 rings (SSSR count). The summed E-state index contributed by atoms with van der Waals surface area (Å²) in [6.45, 7) is 13.0. The quantitative estimate of drug-likeness (QED) is 0.0824. The van der Waals surface area contributed by atoms with Crippen molar-refractivity contribution in [1.29, 1.82) is 5.26 Å². The Kier molecular flexibility index (Phi) is 14.0. The van der Waals surface area contributed by atoms with E-state index in [-0.39, 0.29) is 5.57 Å². The Labute approximate surface area is 336 Å². The van der Waals surface area contributed by atoms with Crippen molar-refractivity contribution >= 4 is 50.4 Å². The summed E-state index contributed by atoms with van der Waals surface area (Å²) in [5.74, 6) is 1.23. The van der Waals surface area contributed by atoms with Crippen LogP contribution in [0.1, 0.15) is 103 Å². The summed E-state index contributed by atoms with van der Waals surface area (Å²) < 4.78 is 1.25. The van der Waals surface area contributed by atoms with Gasteiger partial charge in [0, 0.05) is 35.6 Å². The molecular formula is C46H54N8OS. The molecular weight excluding hydrogens is 713 g/mol. The van der Waals surface area contributed by atoms with Crippen LogP contribution < -0.4 is 9.80 Å². The van der Waals surface area contributed by atoms with Crippen molar-refractivity contribution < 1.29 is 4.79 Å². The average Bonchev–Trinajstić information content (AvgIpc) is 3.88. The molecule has 0 saturated carbocycles. The maximum Gasteiger partial charge on any atom is 0.291 e. The first-order valence-corrected chi connectivity index (χ1v) is 21.2. The molecule has 10 heteroatoms. The lowest BCUT2D eigenvalue weighted by atomic mass is 9.96. The third-order valence-corrected chi connectivity index (χ3v) is 11.7. The molecule has 0 radical (unpaired) electrons. The monoisotopic (exact) mass is 766 g/mol. The van der Waals surface area contributed by atoms with Crippen LogP contribution in [0.4, 0.5) is 27.5 Å². The second-order valence-electron chi connectivity index (χ2n) is 14.5. The molecule has 2 aromatic heterocycles. The molecule has 5 aromatic rings.